The zero-order valence-electron chi connectivity index (χ0n) is 23.8. The van der Waals surface area contributed by atoms with Crippen molar-refractivity contribution in [3.8, 4) is 0 Å². The van der Waals surface area contributed by atoms with Gasteiger partial charge in [-0.2, -0.15) is 0 Å². The topological polar surface area (TPSA) is 58.9 Å². The summed E-state index contributed by atoms with van der Waals surface area (Å²) in [6.45, 7) is 23.2. The van der Waals surface area contributed by atoms with Crippen LogP contribution < -0.4 is 0 Å². The van der Waals surface area contributed by atoms with Crippen molar-refractivity contribution in [2.75, 3.05) is 7.05 Å². The van der Waals surface area contributed by atoms with Gasteiger partial charge < -0.3 is 4.79 Å². The average molecular weight is 461 g/mol. The van der Waals surface area contributed by atoms with Gasteiger partial charge in [-0.15, -0.1) is 0 Å². The van der Waals surface area contributed by atoms with E-state index in [1.54, 1.807) is 26.1 Å². The minimum atomic E-state index is 0.0454. The minimum absolute atomic E-state index is 0.0454. The van der Waals surface area contributed by atoms with Crippen molar-refractivity contribution in [3.05, 3.63) is 59.7 Å². The first-order valence-electron chi connectivity index (χ1n) is 12.2. The zero-order chi connectivity index (χ0) is 27.1. The van der Waals surface area contributed by atoms with E-state index < -0.39 is 0 Å². The Morgan fingerprint density at radius 1 is 0.848 bits per heavy atom. The molecule has 0 fully saturated rings. The number of hydrogen-bond donors (Lipinski definition) is 0. The van der Waals surface area contributed by atoms with Gasteiger partial charge in [0, 0.05) is 23.9 Å². The van der Waals surface area contributed by atoms with Crippen molar-refractivity contribution in [1.82, 2.24) is 0 Å². The summed E-state index contributed by atoms with van der Waals surface area (Å²) < 4.78 is 0. The number of ketones is 1. The smallest absolute Gasteiger partial charge is 0.159 e. The number of nitrogens with zero attached hydrogens (tertiary/aromatic N) is 2. The second-order valence-electron chi connectivity index (χ2n) is 5.95. The molecule has 0 atom stereocenters. The molecule has 190 valence electrons. The lowest BCUT2D eigenvalue weighted by Crippen LogP contribution is -2.01. The van der Waals surface area contributed by atoms with Crippen LogP contribution in [0.3, 0.4) is 0 Å². The van der Waals surface area contributed by atoms with Crippen molar-refractivity contribution in [2.24, 2.45) is 9.98 Å². The van der Waals surface area contributed by atoms with Gasteiger partial charge in [0.2, 0.25) is 0 Å². The molecule has 0 aromatic heterocycles. The normalized spacial score (nSPS) is 10.3. The van der Waals surface area contributed by atoms with Crippen molar-refractivity contribution < 1.29 is 9.59 Å². The fourth-order valence-corrected chi connectivity index (χ4v) is 1.66. The summed E-state index contributed by atoms with van der Waals surface area (Å²) >= 11 is 0. The summed E-state index contributed by atoms with van der Waals surface area (Å²) in [6.07, 6.45) is 8.64. The van der Waals surface area contributed by atoms with E-state index in [-0.39, 0.29) is 5.78 Å². The van der Waals surface area contributed by atoms with Crippen molar-refractivity contribution in [1.29, 1.82) is 0 Å². The molecule has 0 unspecified atom stereocenters. The third-order valence-electron chi connectivity index (χ3n) is 2.75. The number of rotatable bonds is 4. The van der Waals surface area contributed by atoms with E-state index in [1.807, 2.05) is 78.0 Å². The molecule has 0 bridgehead atoms. The first kappa shape index (κ1) is 40.7. The molecule has 0 saturated heterocycles. The van der Waals surface area contributed by atoms with Crippen LogP contribution in [0.4, 0.5) is 0 Å². The van der Waals surface area contributed by atoms with Gasteiger partial charge in [0.15, 0.2) is 11.6 Å². The Bertz CT molecular complexity index is 653. The quantitative estimate of drug-likeness (QED) is 0.148. The Kier molecular flexibility index (Phi) is 45.3. The Hall–Kier alpha value is -2.62. The van der Waals surface area contributed by atoms with Crippen LogP contribution in [-0.2, 0) is 9.59 Å². The average Bonchev–Trinajstić information content (AvgIpc) is 2.82. The maximum atomic E-state index is 11.3. The monoisotopic (exact) mass is 460 g/mol. The van der Waals surface area contributed by atoms with Crippen LogP contribution in [-0.4, -0.2) is 30.7 Å². The summed E-state index contributed by atoms with van der Waals surface area (Å²) in [5.74, 6) is 0.724. The van der Waals surface area contributed by atoms with Gasteiger partial charge in [-0.1, -0.05) is 105 Å². The Balaban J connectivity index is -0.000000168. The number of carbonyl (C=O) groups is 2. The summed E-state index contributed by atoms with van der Waals surface area (Å²) in [6, 6.07) is 9.80. The van der Waals surface area contributed by atoms with E-state index in [9.17, 15) is 4.79 Å². The molecule has 0 aliphatic carbocycles. The van der Waals surface area contributed by atoms with Gasteiger partial charge >= 0.3 is 0 Å². The van der Waals surface area contributed by atoms with Crippen molar-refractivity contribution in [2.45, 2.75) is 95.9 Å². The van der Waals surface area contributed by atoms with Gasteiger partial charge in [-0.3, -0.25) is 9.79 Å². The molecule has 1 rings (SSSR count). The van der Waals surface area contributed by atoms with Crippen LogP contribution in [0.2, 0.25) is 0 Å². The standard InChI is InChI=1S/C17H20N2O.2C3H8.C2H4O.2C2H6/c1-5-15(14(3)20)12-11-13(2)19-17(18-4)16-9-7-6-8-10-16;2*1-3-2;1-2-3;2*1-2/h5-12H,1-4H3;2*3H2,1-2H3;2H,1H3;2*1-2H3/b12-11-,15-5+,18-17?,19-13?;;;;;. The molecule has 4 heteroatoms. The highest BCUT2D eigenvalue weighted by Crippen LogP contribution is 2.04. The highest BCUT2D eigenvalue weighted by Gasteiger charge is 2.00. The summed E-state index contributed by atoms with van der Waals surface area (Å²) in [5, 5.41) is 0. The lowest BCUT2D eigenvalue weighted by Gasteiger charge is -2.01. The lowest BCUT2D eigenvalue weighted by molar-refractivity contribution is -0.113. The molecular formula is C29H52N2O2. The van der Waals surface area contributed by atoms with Gasteiger partial charge in [0.1, 0.15) is 6.29 Å². The Morgan fingerprint density at radius 3 is 1.55 bits per heavy atom. The molecule has 0 aliphatic rings. The molecule has 1 aromatic carbocycles. The summed E-state index contributed by atoms with van der Waals surface area (Å²) in [5.41, 5.74) is 2.45. The second kappa shape index (κ2) is 36.7. The van der Waals surface area contributed by atoms with Gasteiger partial charge in [-0.05, 0) is 39.8 Å². The minimum Gasteiger partial charge on any atom is -0.304 e. The largest absolute Gasteiger partial charge is 0.304 e. The van der Waals surface area contributed by atoms with Crippen molar-refractivity contribution >= 4 is 23.6 Å². The molecule has 33 heavy (non-hydrogen) atoms. The lowest BCUT2D eigenvalue weighted by atomic mass is 10.1. The van der Waals surface area contributed by atoms with Crippen molar-refractivity contribution in [3.63, 3.8) is 0 Å². The van der Waals surface area contributed by atoms with Crippen LogP contribution in [0.15, 0.2) is 64.1 Å². The molecule has 1 aromatic rings. The SMILES string of the molecule is C/C=C(\C=C/C(C)=NC(=NC)c1ccccc1)C(C)=O.CC.CC.CC=O.CCC.CCC. The maximum Gasteiger partial charge on any atom is 0.159 e. The highest BCUT2D eigenvalue weighted by atomic mass is 16.1. The van der Waals surface area contributed by atoms with E-state index in [4.69, 9.17) is 4.79 Å². The fraction of sp³-hybridized carbons (Fsp3) is 0.517. The number of benzene rings is 1. The van der Waals surface area contributed by atoms with E-state index in [1.165, 1.54) is 19.8 Å². The third kappa shape index (κ3) is 31.6. The van der Waals surface area contributed by atoms with Gasteiger partial charge in [-0.25, -0.2) is 4.99 Å². The highest BCUT2D eigenvalue weighted by molar-refractivity contribution is 6.10. The molecule has 0 aliphatic heterocycles. The fourth-order valence-electron chi connectivity index (χ4n) is 1.66. The molecule has 0 N–H and O–H groups in total. The Morgan fingerprint density at radius 2 is 1.24 bits per heavy atom. The van der Waals surface area contributed by atoms with E-state index in [0.29, 0.717) is 11.4 Å². The number of carbonyl (C=O) groups excluding carboxylic acids is 2. The number of aliphatic imine (C=N–C) groups is 2. The Labute approximate surface area is 206 Å². The van der Waals surface area contributed by atoms with Gasteiger partial charge in [0.25, 0.3) is 0 Å². The van der Waals surface area contributed by atoms with Crippen LogP contribution >= 0.6 is 0 Å². The van der Waals surface area contributed by atoms with E-state index >= 15 is 0 Å². The number of amidine groups is 1. The second-order valence-corrected chi connectivity index (χ2v) is 5.95. The maximum absolute atomic E-state index is 11.3. The predicted octanol–water partition coefficient (Wildman–Crippen LogP) is 8.71. The van der Waals surface area contributed by atoms with Crippen LogP contribution in [0.1, 0.15) is 101 Å². The first-order chi connectivity index (χ1) is 15.8. The molecule has 0 heterocycles. The van der Waals surface area contributed by atoms with Crippen LogP contribution in [0.5, 0.6) is 0 Å². The zero-order valence-corrected chi connectivity index (χ0v) is 23.8. The van der Waals surface area contributed by atoms with Crippen LogP contribution in [0, 0.1) is 0 Å². The summed E-state index contributed by atoms with van der Waals surface area (Å²) in [4.78, 5) is 28.8. The number of allylic oxidation sites excluding steroid dienone is 4. The van der Waals surface area contributed by atoms with E-state index in [0.717, 1.165) is 17.6 Å². The molecule has 0 spiro atoms. The van der Waals surface area contributed by atoms with Gasteiger partial charge in [0.05, 0.1) is 0 Å². The molecular weight excluding hydrogens is 408 g/mol. The molecule has 4 nitrogen and oxygen atoms in total. The van der Waals surface area contributed by atoms with Crippen LogP contribution in [0.25, 0.3) is 0 Å². The third-order valence-corrected chi connectivity index (χ3v) is 2.75. The molecule has 0 saturated carbocycles. The number of hydrogen-bond acceptors (Lipinski definition) is 3. The number of aldehydes is 1. The predicted molar refractivity (Wildman–Crippen MR) is 152 cm³/mol. The number of Topliss-reactive ketones (excluding diaryl/α,β-unsaturated/α-hetero) is 1. The summed E-state index contributed by atoms with van der Waals surface area (Å²) in [7, 11) is 1.72. The molecule has 0 radical (unpaired) electrons. The molecule has 0 amide bonds. The first-order valence-corrected chi connectivity index (χ1v) is 12.2. The van der Waals surface area contributed by atoms with E-state index in [2.05, 4.69) is 37.7 Å².